The van der Waals surface area contributed by atoms with E-state index in [0.29, 0.717) is 0 Å². The van der Waals surface area contributed by atoms with Gasteiger partial charge < -0.3 is 9.63 Å². The van der Waals surface area contributed by atoms with E-state index in [1.807, 2.05) is 31.2 Å². The van der Waals surface area contributed by atoms with Crippen LogP contribution in [0.2, 0.25) is 0 Å². The summed E-state index contributed by atoms with van der Waals surface area (Å²) in [5, 5.41) is 14.3. The molecule has 66 valence electrons. The first-order chi connectivity index (χ1) is 6.27. The van der Waals surface area contributed by atoms with Crippen molar-refractivity contribution in [2.75, 3.05) is 0 Å². The molecule has 0 saturated heterocycles. The average molecular weight is 176 g/mol. The fourth-order valence-corrected chi connectivity index (χ4v) is 1.17. The second-order valence-corrected chi connectivity index (χ2v) is 2.75. The highest BCUT2D eigenvalue weighted by molar-refractivity contribution is 5.31. The maximum atomic E-state index is 10.7. The van der Waals surface area contributed by atoms with E-state index in [0.717, 1.165) is 11.3 Å². The highest BCUT2D eigenvalue weighted by Gasteiger charge is 2.10. The van der Waals surface area contributed by atoms with Gasteiger partial charge in [-0.25, -0.2) is 0 Å². The summed E-state index contributed by atoms with van der Waals surface area (Å²) in [5.74, 6) is -0.441. The monoisotopic (exact) mass is 176 g/mol. The number of benzene rings is 1. The van der Waals surface area contributed by atoms with Gasteiger partial charge in [-0.3, -0.25) is 0 Å². The number of aryl methyl sites for hydroxylation is 1. The first kappa shape index (κ1) is 7.79. The van der Waals surface area contributed by atoms with Crippen molar-refractivity contribution in [1.29, 1.82) is 0 Å². The largest absolute Gasteiger partial charge is 0.539 e. The SMILES string of the molecule is Cc1ccccc1-[n+]1cc([O-])on1. The van der Waals surface area contributed by atoms with E-state index in [9.17, 15) is 5.11 Å². The first-order valence-corrected chi connectivity index (χ1v) is 3.89. The smallest absolute Gasteiger partial charge is 0.242 e. The molecule has 1 aromatic heterocycles. The lowest BCUT2D eigenvalue weighted by atomic mass is 10.2. The Balaban J connectivity index is 2.52. The number of hydrogen-bond donors (Lipinski definition) is 0. The van der Waals surface area contributed by atoms with Crippen molar-refractivity contribution in [3.05, 3.63) is 36.0 Å². The summed E-state index contributed by atoms with van der Waals surface area (Å²) in [6, 6.07) is 7.63. The van der Waals surface area contributed by atoms with Crippen LogP contribution in [-0.4, -0.2) is 5.27 Å². The predicted octanol–water partition coefficient (Wildman–Crippen LogP) is 0.333. The van der Waals surface area contributed by atoms with E-state index in [4.69, 9.17) is 0 Å². The van der Waals surface area contributed by atoms with Gasteiger partial charge in [-0.15, -0.1) is 0 Å². The third-order valence-corrected chi connectivity index (χ3v) is 1.81. The van der Waals surface area contributed by atoms with Gasteiger partial charge in [0.25, 0.3) is 0 Å². The lowest BCUT2D eigenvalue weighted by Gasteiger charge is -1.92. The summed E-state index contributed by atoms with van der Waals surface area (Å²) < 4.78 is 5.86. The summed E-state index contributed by atoms with van der Waals surface area (Å²) in [6.45, 7) is 1.95. The van der Waals surface area contributed by atoms with Crippen LogP contribution in [0.5, 0.6) is 5.95 Å². The quantitative estimate of drug-likeness (QED) is 0.588. The Morgan fingerprint density at radius 3 is 2.77 bits per heavy atom. The molecule has 2 aromatic rings. The molecule has 0 aliphatic heterocycles. The van der Waals surface area contributed by atoms with Crippen LogP contribution < -0.4 is 9.79 Å². The molecule has 13 heavy (non-hydrogen) atoms. The van der Waals surface area contributed by atoms with Crippen LogP contribution in [0.4, 0.5) is 0 Å². The van der Waals surface area contributed by atoms with Crippen molar-refractivity contribution < 1.29 is 14.3 Å². The van der Waals surface area contributed by atoms with Gasteiger partial charge in [0.1, 0.15) is 5.95 Å². The van der Waals surface area contributed by atoms with E-state index in [2.05, 4.69) is 9.79 Å². The molecule has 0 N–H and O–H groups in total. The number of nitrogens with zero attached hydrogens (tertiary/aromatic N) is 2. The highest BCUT2D eigenvalue weighted by atomic mass is 16.6. The lowest BCUT2D eigenvalue weighted by molar-refractivity contribution is -0.670. The van der Waals surface area contributed by atoms with Crippen molar-refractivity contribution in [3.63, 3.8) is 0 Å². The third-order valence-electron chi connectivity index (χ3n) is 1.81. The molecule has 0 amide bonds. The molecular formula is C9H8N2O2. The van der Waals surface area contributed by atoms with E-state index in [-0.39, 0.29) is 0 Å². The minimum atomic E-state index is -0.441. The summed E-state index contributed by atoms with van der Waals surface area (Å²) >= 11 is 0. The summed E-state index contributed by atoms with van der Waals surface area (Å²) in [7, 11) is 0. The van der Waals surface area contributed by atoms with Crippen molar-refractivity contribution >= 4 is 0 Å². The third kappa shape index (κ3) is 1.38. The first-order valence-electron chi connectivity index (χ1n) is 3.89. The maximum absolute atomic E-state index is 10.7. The maximum Gasteiger partial charge on any atom is 0.242 e. The average Bonchev–Trinajstić information content (AvgIpc) is 2.53. The summed E-state index contributed by atoms with van der Waals surface area (Å²) in [6.07, 6.45) is 1.31. The second kappa shape index (κ2) is 2.90. The Morgan fingerprint density at radius 1 is 1.38 bits per heavy atom. The normalized spacial score (nSPS) is 10.2. The van der Waals surface area contributed by atoms with Gasteiger partial charge in [-0.05, 0) is 11.6 Å². The second-order valence-electron chi connectivity index (χ2n) is 2.75. The fraction of sp³-hybridized carbons (Fsp3) is 0.111. The van der Waals surface area contributed by atoms with Crippen molar-refractivity contribution in [3.8, 4) is 11.6 Å². The van der Waals surface area contributed by atoms with Gasteiger partial charge >= 0.3 is 0 Å². The Morgan fingerprint density at radius 2 is 2.15 bits per heavy atom. The Labute approximate surface area is 75.0 Å². The molecule has 0 atom stereocenters. The fourth-order valence-electron chi connectivity index (χ4n) is 1.17. The van der Waals surface area contributed by atoms with Gasteiger partial charge in [0.05, 0.1) is 5.27 Å². The molecule has 1 heterocycles. The molecule has 0 fully saturated rings. The zero-order valence-electron chi connectivity index (χ0n) is 7.10. The minimum absolute atomic E-state index is 0.441. The lowest BCUT2D eigenvalue weighted by Crippen LogP contribution is -2.32. The summed E-state index contributed by atoms with van der Waals surface area (Å²) in [5.41, 5.74) is 1.90. The standard InChI is InChI=1S/C9H8N2O2/c1-7-4-2-3-5-8(7)11-6-9(12)13-10-11/h2-6H,1H3. The van der Waals surface area contributed by atoms with Gasteiger partial charge in [0.2, 0.25) is 11.9 Å². The zero-order chi connectivity index (χ0) is 9.26. The van der Waals surface area contributed by atoms with Gasteiger partial charge in [0, 0.05) is 11.6 Å². The molecule has 0 bridgehead atoms. The van der Waals surface area contributed by atoms with Crippen molar-refractivity contribution in [2.45, 2.75) is 6.92 Å². The Bertz CT molecular complexity index is 423. The number of hydrogen-bond acceptors (Lipinski definition) is 3. The van der Waals surface area contributed by atoms with Crippen LogP contribution in [0, 0.1) is 6.92 Å². The minimum Gasteiger partial charge on any atom is -0.539 e. The molecule has 4 heteroatoms. The molecule has 0 spiro atoms. The molecule has 4 nitrogen and oxygen atoms in total. The summed E-state index contributed by atoms with van der Waals surface area (Å²) in [4.78, 5) is 0. The Hall–Kier alpha value is -1.84. The van der Waals surface area contributed by atoms with Crippen LogP contribution in [0.3, 0.4) is 0 Å². The van der Waals surface area contributed by atoms with E-state index in [1.165, 1.54) is 10.9 Å². The molecule has 0 aliphatic carbocycles. The van der Waals surface area contributed by atoms with Gasteiger partial charge in [-0.2, -0.15) is 0 Å². The van der Waals surface area contributed by atoms with Crippen molar-refractivity contribution in [1.82, 2.24) is 5.27 Å². The van der Waals surface area contributed by atoms with Crippen LogP contribution >= 0.6 is 0 Å². The molecule has 1 aromatic carbocycles. The van der Waals surface area contributed by atoms with Gasteiger partial charge in [-0.1, -0.05) is 18.2 Å². The van der Waals surface area contributed by atoms with Crippen LogP contribution in [0.1, 0.15) is 5.56 Å². The molecular weight excluding hydrogens is 168 g/mol. The number of aromatic nitrogens is 2. The molecule has 2 rings (SSSR count). The van der Waals surface area contributed by atoms with E-state index >= 15 is 0 Å². The van der Waals surface area contributed by atoms with Crippen LogP contribution in [0.25, 0.3) is 5.69 Å². The molecule has 0 unspecified atom stereocenters. The van der Waals surface area contributed by atoms with Crippen LogP contribution in [-0.2, 0) is 0 Å². The molecule has 0 aliphatic rings. The molecule has 0 saturated carbocycles. The highest BCUT2D eigenvalue weighted by Crippen LogP contribution is 2.06. The van der Waals surface area contributed by atoms with Crippen LogP contribution in [0.15, 0.2) is 35.0 Å². The van der Waals surface area contributed by atoms with E-state index in [1.54, 1.807) is 0 Å². The van der Waals surface area contributed by atoms with E-state index < -0.39 is 5.95 Å². The van der Waals surface area contributed by atoms with Gasteiger partial charge in [0.15, 0.2) is 0 Å². The number of rotatable bonds is 1. The van der Waals surface area contributed by atoms with Crippen molar-refractivity contribution in [2.24, 2.45) is 0 Å². The zero-order valence-corrected chi connectivity index (χ0v) is 7.10. The Kier molecular flexibility index (Phi) is 1.73. The molecule has 0 radical (unpaired) electrons. The number of para-hydroxylation sites is 1. The predicted molar refractivity (Wildman–Crippen MR) is 42.2 cm³/mol. The topological polar surface area (TPSA) is 53.0 Å².